The Labute approximate surface area is 124 Å². The largest absolute Gasteiger partial charge is 0.397 e. The predicted octanol–water partition coefficient (Wildman–Crippen LogP) is 3.64. The smallest absolute Gasteiger partial charge is 0.258 e. The second-order valence-electron chi connectivity index (χ2n) is 4.00. The standard InChI is InChI=1S/C13H11BrClN3O/c1-7-4-12(17-6-11(7)16)18-13(19)9-5-8(15)2-3-10(9)14/h2-6H,16H2,1H3,(H,17,18,19). The molecule has 19 heavy (non-hydrogen) atoms. The number of pyridine rings is 1. The lowest BCUT2D eigenvalue weighted by Gasteiger charge is -2.08. The average molecular weight is 341 g/mol. The number of amides is 1. The second-order valence-corrected chi connectivity index (χ2v) is 5.30. The van der Waals surface area contributed by atoms with Crippen molar-refractivity contribution in [3.63, 3.8) is 0 Å². The molecule has 3 N–H and O–H groups in total. The van der Waals surface area contributed by atoms with Crippen molar-refractivity contribution in [2.45, 2.75) is 6.92 Å². The van der Waals surface area contributed by atoms with Crippen molar-refractivity contribution < 1.29 is 4.79 Å². The number of aromatic nitrogens is 1. The highest BCUT2D eigenvalue weighted by Gasteiger charge is 2.11. The zero-order valence-corrected chi connectivity index (χ0v) is 12.4. The molecule has 4 nitrogen and oxygen atoms in total. The number of nitrogens with two attached hydrogens (primary N) is 1. The van der Waals surface area contributed by atoms with E-state index >= 15 is 0 Å². The fourth-order valence-electron chi connectivity index (χ4n) is 1.49. The van der Waals surface area contributed by atoms with Gasteiger partial charge in [0.25, 0.3) is 5.91 Å². The summed E-state index contributed by atoms with van der Waals surface area (Å²) in [7, 11) is 0. The molecule has 6 heteroatoms. The molecule has 0 aliphatic heterocycles. The van der Waals surface area contributed by atoms with Crippen molar-refractivity contribution in [3.05, 3.63) is 51.1 Å². The summed E-state index contributed by atoms with van der Waals surface area (Å²) in [4.78, 5) is 16.2. The number of benzene rings is 1. The molecule has 2 aromatic rings. The van der Waals surface area contributed by atoms with Gasteiger partial charge < -0.3 is 11.1 Å². The number of aryl methyl sites for hydroxylation is 1. The average Bonchev–Trinajstić information content (AvgIpc) is 2.36. The van der Waals surface area contributed by atoms with Gasteiger partial charge in [0.1, 0.15) is 5.82 Å². The lowest BCUT2D eigenvalue weighted by molar-refractivity contribution is 0.102. The van der Waals surface area contributed by atoms with Crippen LogP contribution in [0.4, 0.5) is 11.5 Å². The van der Waals surface area contributed by atoms with Gasteiger partial charge in [-0.3, -0.25) is 4.79 Å². The van der Waals surface area contributed by atoms with Gasteiger partial charge in [0.05, 0.1) is 17.4 Å². The van der Waals surface area contributed by atoms with Gasteiger partial charge in [-0.15, -0.1) is 0 Å². The number of carbonyl (C=O) groups excluding carboxylic acids is 1. The SMILES string of the molecule is Cc1cc(NC(=O)c2cc(Cl)ccc2Br)ncc1N. The van der Waals surface area contributed by atoms with Crippen molar-refractivity contribution in [1.29, 1.82) is 0 Å². The molecule has 1 amide bonds. The van der Waals surface area contributed by atoms with Crippen LogP contribution in [0.15, 0.2) is 34.9 Å². The monoisotopic (exact) mass is 339 g/mol. The lowest BCUT2D eigenvalue weighted by atomic mass is 10.2. The molecule has 0 saturated carbocycles. The molecule has 0 spiro atoms. The van der Waals surface area contributed by atoms with Gasteiger partial charge in [-0.2, -0.15) is 0 Å². The van der Waals surface area contributed by atoms with E-state index in [9.17, 15) is 4.79 Å². The second kappa shape index (κ2) is 5.59. The molecule has 0 aliphatic rings. The van der Waals surface area contributed by atoms with E-state index < -0.39 is 0 Å². The maximum atomic E-state index is 12.1. The third kappa shape index (κ3) is 3.24. The Morgan fingerprint density at radius 1 is 1.42 bits per heavy atom. The first-order valence-electron chi connectivity index (χ1n) is 5.46. The molecule has 1 heterocycles. The number of nitrogens with one attached hydrogen (secondary N) is 1. The Kier molecular flexibility index (Phi) is 4.07. The van der Waals surface area contributed by atoms with Crippen LogP contribution < -0.4 is 11.1 Å². The molecule has 1 aromatic carbocycles. The number of rotatable bonds is 2. The van der Waals surface area contributed by atoms with Crippen molar-refractivity contribution in [2.24, 2.45) is 0 Å². The van der Waals surface area contributed by atoms with Crippen molar-refractivity contribution in [2.75, 3.05) is 11.1 Å². The van der Waals surface area contributed by atoms with E-state index in [2.05, 4.69) is 26.2 Å². The summed E-state index contributed by atoms with van der Waals surface area (Å²) in [5.41, 5.74) is 7.56. The predicted molar refractivity (Wildman–Crippen MR) is 80.5 cm³/mol. The number of halogens is 2. The van der Waals surface area contributed by atoms with Crippen LogP contribution >= 0.6 is 27.5 Å². The third-order valence-electron chi connectivity index (χ3n) is 2.57. The number of anilines is 2. The highest BCUT2D eigenvalue weighted by molar-refractivity contribution is 9.10. The van der Waals surface area contributed by atoms with Crippen LogP contribution in [-0.4, -0.2) is 10.9 Å². The molecule has 1 aromatic heterocycles. The van der Waals surface area contributed by atoms with Crippen LogP contribution in [-0.2, 0) is 0 Å². The highest BCUT2D eigenvalue weighted by atomic mass is 79.9. The maximum absolute atomic E-state index is 12.1. The van der Waals surface area contributed by atoms with Gasteiger partial charge in [-0.25, -0.2) is 4.98 Å². The minimum Gasteiger partial charge on any atom is -0.397 e. The summed E-state index contributed by atoms with van der Waals surface area (Å²) >= 11 is 9.19. The molecule has 0 bridgehead atoms. The van der Waals surface area contributed by atoms with Crippen LogP contribution in [0.1, 0.15) is 15.9 Å². The summed E-state index contributed by atoms with van der Waals surface area (Å²) in [5, 5.41) is 3.20. The Balaban J connectivity index is 2.25. The first kappa shape index (κ1) is 13.8. The van der Waals surface area contributed by atoms with Crippen molar-refractivity contribution >= 4 is 44.9 Å². The summed E-state index contributed by atoms with van der Waals surface area (Å²) in [6, 6.07) is 6.73. The zero-order chi connectivity index (χ0) is 14.0. The number of hydrogen-bond acceptors (Lipinski definition) is 3. The van der Waals surface area contributed by atoms with E-state index in [0.717, 1.165) is 5.56 Å². The number of nitrogen functional groups attached to an aromatic ring is 1. The van der Waals surface area contributed by atoms with E-state index in [-0.39, 0.29) is 5.91 Å². The van der Waals surface area contributed by atoms with E-state index in [1.807, 2.05) is 6.92 Å². The van der Waals surface area contributed by atoms with Crippen LogP contribution in [0.25, 0.3) is 0 Å². The summed E-state index contributed by atoms with van der Waals surface area (Å²) in [6.07, 6.45) is 1.51. The Hall–Kier alpha value is -1.59. The Morgan fingerprint density at radius 3 is 2.84 bits per heavy atom. The molecule has 0 aliphatic carbocycles. The molecule has 2 rings (SSSR count). The fraction of sp³-hybridized carbons (Fsp3) is 0.0769. The van der Waals surface area contributed by atoms with E-state index in [1.54, 1.807) is 24.3 Å². The van der Waals surface area contributed by atoms with Gasteiger partial charge in [-0.05, 0) is 52.7 Å². The van der Waals surface area contributed by atoms with E-state index in [4.69, 9.17) is 17.3 Å². The Bertz CT molecular complexity index is 646. The summed E-state index contributed by atoms with van der Waals surface area (Å²) in [6.45, 7) is 1.85. The maximum Gasteiger partial charge on any atom is 0.258 e. The van der Waals surface area contributed by atoms with Crippen LogP contribution in [0.3, 0.4) is 0 Å². The van der Waals surface area contributed by atoms with Crippen LogP contribution in [0, 0.1) is 6.92 Å². The number of nitrogens with zero attached hydrogens (tertiary/aromatic N) is 1. The molecule has 0 fully saturated rings. The first-order chi connectivity index (χ1) is 8.97. The molecule has 0 atom stereocenters. The summed E-state index contributed by atoms with van der Waals surface area (Å²) in [5.74, 6) is 0.162. The van der Waals surface area contributed by atoms with Crippen molar-refractivity contribution in [1.82, 2.24) is 4.98 Å². The van der Waals surface area contributed by atoms with Crippen molar-refractivity contribution in [3.8, 4) is 0 Å². The topological polar surface area (TPSA) is 68.0 Å². The van der Waals surface area contributed by atoms with Gasteiger partial charge in [-0.1, -0.05) is 11.6 Å². The molecule has 0 saturated heterocycles. The third-order valence-corrected chi connectivity index (χ3v) is 3.49. The van der Waals surface area contributed by atoms with Gasteiger partial charge in [0.15, 0.2) is 0 Å². The van der Waals surface area contributed by atoms with Crippen LogP contribution in [0.5, 0.6) is 0 Å². The quantitative estimate of drug-likeness (QED) is 0.877. The minimum atomic E-state index is -0.286. The first-order valence-corrected chi connectivity index (χ1v) is 6.63. The lowest BCUT2D eigenvalue weighted by Crippen LogP contribution is -2.14. The normalized spacial score (nSPS) is 10.3. The Morgan fingerprint density at radius 2 is 2.16 bits per heavy atom. The fourth-order valence-corrected chi connectivity index (χ4v) is 2.09. The molecular formula is C13H11BrClN3O. The van der Waals surface area contributed by atoms with E-state index in [1.165, 1.54) is 6.20 Å². The van der Waals surface area contributed by atoms with Gasteiger partial charge in [0, 0.05) is 9.50 Å². The number of hydrogen-bond donors (Lipinski definition) is 2. The minimum absolute atomic E-state index is 0.286. The zero-order valence-electron chi connectivity index (χ0n) is 10.1. The molecule has 0 radical (unpaired) electrons. The molecule has 0 unspecified atom stereocenters. The van der Waals surface area contributed by atoms with E-state index in [0.29, 0.717) is 26.6 Å². The molecular weight excluding hydrogens is 330 g/mol. The van der Waals surface area contributed by atoms with Crippen LogP contribution in [0.2, 0.25) is 5.02 Å². The summed E-state index contributed by atoms with van der Waals surface area (Å²) < 4.78 is 0.668. The number of carbonyl (C=O) groups is 1. The van der Waals surface area contributed by atoms with Gasteiger partial charge in [0.2, 0.25) is 0 Å². The van der Waals surface area contributed by atoms with Gasteiger partial charge >= 0.3 is 0 Å². The molecule has 98 valence electrons. The highest BCUT2D eigenvalue weighted by Crippen LogP contribution is 2.22.